The van der Waals surface area contributed by atoms with Gasteiger partial charge in [0.2, 0.25) is 5.91 Å². The number of carbonyl (C=O) groups excluding carboxylic acids is 1. The highest BCUT2D eigenvalue weighted by molar-refractivity contribution is 5.77. The molecule has 1 amide bonds. The van der Waals surface area contributed by atoms with Gasteiger partial charge >= 0.3 is 0 Å². The van der Waals surface area contributed by atoms with E-state index in [4.69, 9.17) is 4.74 Å². The van der Waals surface area contributed by atoms with Crippen LogP contribution in [0.5, 0.6) is 5.75 Å². The lowest BCUT2D eigenvalue weighted by molar-refractivity contribution is -0.120. The highest BCUT2D eigenvalue weighted by Gasteiger charge is 2.02. The molecule has 1 rings (SSSR count). The van der Waals surface area contributed by atoms with Gasteiger partial charge in [-0.2, -0.15) is 0 Å². The molecule has 0 bridgehead atoms. The van der Waals surface area contributed by atoms with Crippen molar-refractivity contribution >= 4 is 5.91 Å². The summed E-state index contributed by atoms with van der Waals surface area (Å²) in [5.74, 6) is 0.862. The molecule has 0 aliphatic rings. The molecule has 0 atom stereocenters. The van der Waals surface area contributed by atoms with E-state index in [-0.39, 0.29) is 5.91 Å². The van der Waals surface area contributed by atoms with Gasteiger partial charge in [-0.3, -0.25) is 4.79 Å². The first-order valence-corrected chi connectivity index (χ1v) is 5.22. The smallest absolute Gasteiger partial charge is 0.234 e. The lowest BCUT2D eigenvalue weighted by atomic mass is 10.1. The second-order valence-corrected chi connectivity index (χ2v) is 3.61. The van der Waals surface area contributed by atoms with Gasteiger partial charge in [0.05, 0.1) is 13.7 Å². The summed E-state index contributed by atoms with van der Waals surface area (Å²) in [6.07, 6.45) is 0. The van der Waals surface area contributed by atoms with Crippen molar-refractivity contribution in [2.24, 2.45) is 0 Å². The molecule has 0 radical (unpaired) electrons. The molecular formula is C12H18N2O2. The lowest BCUT2D eigenvalue weighted by Gasteiger charge is -2.08. The molecular weight excluding hydrogens is 204 g/mol. The van der Waals surface area contributed by atoms with Gasteiger partial charge in [0.15, 0.2) is 0 Å². The average Bonchev–Trinajstić information content (AvgIpc) is 2.27. The van der Waals surface area contributed by atoms with Crippen LogP contribution in [-0.4, -0.2) is 26.6 Å². The van der Waals surface area contributed by atoms with Crippen LogP contribution in [0.2, 0.25) is 0 Å². The summed E-state index contributed by atoms with van der Waals surface area (Å²) in [6.45, 7) is 2.87. The first kappa shape index (κ1) is 12.5. The minimum absolute atomic E-state index is 0.00373. The summed E-state index contributed by atoms with van der Waals surface area (Å²) in [6, 6.07) is 5.87. The molecule has 0 aliphatic heterocycles. The third-order valence-electron chi connectivity index (χ3n) is 2.29. The molecule has 16 heavy (non-hydrogen) atoms. The first-order chi connectivity index (χ1) is 7.67. The molecule has 0 spiro atoms. The fourth-order valence-corrected chi connectivity index (χ4v) is 1.47. The number of benzene rings is 1. The number of hydrogen-bond acceptors (Lipinski definition) is 3. The van der Waals surface area contributed by atoms with E-state index in [0.717, 1.165) is 16.9 Å². The van der Waals surface area contributed by atoms with E-state index in [1.54, 1.807) is 14.2 Å². The number of ether oxygens (including phenoxy) is 1. The van der Waals surface area contributed by atoms with Gasteiger partial charge in [-0.1, -0.05) is 12.1 Å². The Labute approximate surface area is 96.0 Å². The van der Waals surface area contributed by atoms with Crippen LogP contribution in [-0.2, 0) is 11.3 Å². The number of amides is 1. The minimum Gasteiger partial charge on any atom is -0.496 e. The summed E-state index contributed by atoms with van der Waals surface area (Å²) in [7, 11) is 3.40. The van der Waals surface area contributed by atoms with Crippen LogP contribution in [0.1, 0.15) is 11.1 Å². The Morgan fingerprint density at radius 1 is 1.44 bits per heavy atom. The van der Waals surface area contributed by atoms with Crippen molar-refractivity contribution in [2.75, 3.05) is 20.7 Å². The second-order valence-electron chi connectivity index (χ2n) is 3.61. The molecule has 0 heterocycles. The van der Waals surface area contributed by atoms with Crippen molar-refractivity contribution in [3.8, 4) is 5.75 Å². The number of likely N-dealkylation sites (N-methyl/N-ethyl adjacent to an activating group) is 1. The molecule has 1 aromatic rings. The van der Waals surface area contributed by atoms with Crippen LogP contribution in [0.4, 0.5) is 0 Å². The van der Waals surface area contributed by atoms with Crippen molar-refractivity contribution < 1.29 is 9.53 Å². The van der Waals surface area contributed by atoms with Crippen molar-refractivity contribution in [3.63, 3.8) is 0 Å². The van der Waals surface area contributed by atoms with E-state index >= 15 is 0 Å². The normalized spacial score (nSPS) is 9.94. The Kier molecular flexibility index (Phi) is 4.79. The van der Waals surface area contributed by atoms with Crippen LogP contribution >= 0.6 is 0 Å². The van der Waals surface area contributed by atoms with Gasteiger partial charge < -0.3 is 15.4 Å². The molecule has 88 valence electrons. The van der Waals surface area contributed by atoms with Crippen molar-refractivity contribution in [3.05, 3.63) is 29.3 Å². The highest BCUT2D eigenvalue weighted by Crippen LogP contribution is 2.18. The Bertz CT molecular complexity index is 364. The second kappa shape index (κ2) is 6.12. The van der Waals surface area contributed by atoms with Gasteiger partial charge in [0, 0.05) is 6.54 Å². The summed E-state index contributed by atoms with van der Waals surface area (Å²) in [5.41, 5.74) is 2.14. The molecule has 1 aromatic carbocycles. The fraction of sp³-hybridized carbons (Fsp3) is 0.417. The number of hydrogen-bond donors (Lipinski definition) is 2. The Hall–Kier alpha value is -1.55. The summed E-state index contributed by atoms with van der Waals surface area (Å²) in [4.78, 5) is 11.2. The molecule has 4 nitrogen and oxygen atoms in total. The molecule has 0 saturated heterocycles. The minimum atomic E-state index is -0.00373. The van der Waals surface area contributed by atoms with Gasteiger partial charge in [0.1, 0.15) is 5.75 Å². The molecule has 0 saturated carbocycles. The SMILES string of the molecule is CNCC(=O)NCc1ccc(OC)c(C)c1. The predicted octanol–water partition coefficient (Wildman–Crippen LogP) is 0.839. The summed E-state index contributed by atoms with van der Waals surface area (Å²) in [5, 5.41) is 5.62. The third-order valence-corrected chi connectivity index (χ3v) is 2.29. The maximum atomic E-state index is 11.2. The van der Waals surface area contributed by atoms with Gasteiger partial charge in [-0.25, -0.2) is 0 Å². The summed E-state index contributed by atoms with van der Waals surface area (Å²) >= 11 is 0. The number of rotatable bonds is 5. The zero-order chi connectivity index (χ0) is 12.0. The van der Waals surface area contributed by atoms with E-state index in [2.05, 4.69) is 10.6 Å². The quantitative estimate of drug-likeness (QED) is 0.776. The summed E-state index contributed by atoms with van der Waals surface area (Å²) < 4.78 is 5.17. The number of aryl methyl sites for hydroxylation is 1. The molecule has 4 heteroatoms. The largest absolute Gasteiger partial charge is 0.496 e. The zero-order valence-electron chi connectivity index (χ0n) is 9.96. The van der Waals surface area contributed by atoms with Crippen molar-refractivity contribution in [1.82, 2.24) is 10.6 Å². The van der Waals surface area contributed by atoms with Gasteiger partial charge in [-0.05, 0) is 31.2 Å². The standard InChI is InChI=1S/C12H18N2O2/c1-9-6-10(4-5-11(9)16-3)7-14-12(15)8-13-2/h4-6,13H,7-8H2,1-3H3,(H,14,15). The van der Waals surface area contributed by atoms with E-state index in [1.807, 2.05) is 25.1 Å². The monoisotopic (exact) mass is 222 g/mol. The maximum absolute atomic E-state index is 11.2. The molecule has 0 unspecified atom stereocenters. The van der Waals surface area contributed by atoms with E-state index < -0.39 is 0 Å². The van der Waals surface area contributed by atoms with Crippen LogP contribution in [0.3, 0.4) is 0 Å². The molecule has 0 aromatic heterocycles. The molecule has 0 fully saturated rings. The van der Waals surface area contributed by atoms with Crippen LogP contribution in [0.15, 0.2) is 18.2 Å². The fourth-order valence-electron chi connectivity index (χ4n) is 1.47. The van der Waals surface area contributed by atoms with Crippen molar-refractivity contribution in [1.29, 1.82) is 0 Å². The first-order valence-electron chi connectivity index (χ1n) is 5.22. The Morgan fingerprint density at radius 3 is 2.75 bits per heavy atom. The Morgan fingerprint density at radius 2 is 2.19 bits per heavy atom. The van der Waals surface area contributed by atoms with Crippen LogP contribution in [0, 0.1) is 6.92 Å². The average molecular weight is 222 g/mol. The maximum Gasteiger partial charge on any atom is 0.234 e. The lowest BCUT2D eigenvalue weighted by Crippen LogP contribution is -2.31. The topological polar surface area (TPSA) is 50.4 Å². The van der Waals surface area contributed by atoms with E-state index in [9.17, 15) is 4.79 Å². The van der Waals surface area contributed by atoms with Gasteiger partial charge in [0.25, 0.3) is 0 Å². The molecule has 2 N–H and O–H groups in total. The number of nitrogens with one attached hydrogen (secondary N) is 2. The van der Waals surface area contributed by atoms with Gasteiger partial charge in [-0.15, -0.1) is 0 Å². The van der Waals surface area contributed by atoms with Crippen LogP contribution < -0.4 is 15.4 Å². The number of carbonyl (C=O) groups is 1. The van der Waals surface area contributed by atoms with Crippen LogP contribution in [0.25, 0.3) is 0 Å². The zero-order valence-corrected chi connectivity index (χ0v) is 9.96. The van der Waals surface area contributed by atoms with E-state index in [0.29, 0.717) is 13.1 Å². The van der Waals surface area contributed by atoms with Crippen molar-refractivity contribution in [2.45, 2.75) is 13.5 Å². The highest BCUT2D eigenvalue weighted by atomic mass is 16.5. The Balaban J connectivity index is 2.55. The number of methoxy groups -OCH3 is 1. The van der Waals surface area contributed by atoms with E-state index in [1.165, 1.54) is 0 Å². The molecule has 0 aliphatic carbocycles. The predicted molar refractivity (Wildman–Crippen MR) is 63.5 cm³/mol. The third kappa shape index (κ3) is 3.55.